The number of thiophene rings is 1. The van der Waals surface area contributed by atoms with Gasteiger partial charge < -0.3 is 10.6 Å². The van der Waals surface area contributed by atoms with E-state index in [1.54, 1.807) is 11.3 Å². The van der Waals surface area contributed by atoms with Crippen LogP contribution in [0.1, 0.15) is 23.1 Å². The summed E-state index contributed by atoms with van der Waals surface area (Å²) in [7, 11) is 0. The Kier molecular flexibility index (Phi) is 4.16. The van der Waals surface area contributed by atoms with Crippen LogP contribution in [0.2, 0.25) is 0 Å². The lowest BCUT2D eigenvalue weighted by atomic mass is 10.2. The van der Waals surface area contributed by atoms with Crippen molar-refractivity contribution in [3.63, 3.8) is 0 Å². The molecule has 1 unspecified atom stereocenters. The predicted molar refractivity (Wildman–Crippen MR) is 70.6 cm³/mol. The van der Waals surface area contributed by atoms with Gasteiger partial charge in [-0.1, -0.05) is 6.92 Å². The number of amides is 4. The lowest BCUT2D eigenvalue weighted by molar-refractivity contribution is -0.126. The van der Waals surface area contributed by atoms with Crippen LogP contribution in [-0.4, -0.2) is 23.9 Å². The molecule has 1 aromatic rings. The van der Waals surface area contributed by atoms with Crippen molar-refractivity contribution in [2.24, 2.45) is 0 Å². The largest absolute Gasteiger partial charge is 0.351 e. The average molecular weight is 281 g/mol. The van der Waals surface area contributed by atoms with Gasteiger partial charge in [0.1, 0.15) is 6.04 Å². The molecule has 3 N–H and O–H groups in total. The number of imide groups is 1. The first-order chi connectivity index (χ1) is 9.08. The summed E-state index contributed by atoms with van der Waals surface area (Å²) in [6.07, 6.45) is 0.941. The van der Waals surface area contributed by atoms with Gasteiger partial charge in [0.15, 0.2) is 0 Å². The minimum atomic E-state index is -0.762. The minimum absolute atomic E-state index is 0.0381. The molecule has 0 spiro atoms. The Morgan fingerprint density at radius 1 is 1.37 bits per heavy atom. The molecule has 0 aromatic carbocycles. The molecule has 1 fully saturated rings. The first-order valence-corrected chi connectivity index (χ1v) is 6.85. The molecule has 4 amide bonds. The van der Waals surface area contributed by atoms with E-state index in [2.05, 4.69) is 22.9 Å². The summed E-state index contributed by atoms with van der Waals surface area (Å²) in [6, 6.07) is 2.71. The highest BCUT2D eigenvalue weighted by Crippen LogP contribution is 2.16. The van der Waals surface area contributed by atoms with E-state index in [0.717, 1.165) is 11.3 Å². The summed E-state index contributed by atoms with van der Waals surface area (Å²) in [4.78, 5) is 36.2. The number of carbonyl (C=O) groups excluding carboxylic acids is 3. The van der Waals surface area contributed by atoms with E-state index in [4.69, 9.17) is 0 Å². The Bertz CT molecular complexity index is 512. The lowest BCUT2D eigenvalue weighted by Gasteiger charge is -2.07. The van der Waals surface area contributed by atoms with Crippen molar-refractivity contribution < 1.29 is 14.4 Å². The SMILES string of the molecule is CCc1ccc(CNC(=O)CC2NC(=O)NC2=O)s1. The van der Waals surface area contributed by atoms with Gasteiger partial charge in [-0.2, -0.15) is 0 Å². The molecule has 0 radical (unpaired) electrons. The second-order valence-electron chi connectivity index (χ2n) is 4.22. The van der Waals surface area contributed by atoms with Crippen LogP contribution >= 0.6 is 11.3 Å². The van der Waals surface area contributed by atoms with Gasteiger partial charge in [-0.15, -0.1) is 11.3 Å². The molecule has 6 nitrogen and oxygen atoms in total. The van der Waals surface area contributed by atoms with Gasteiger partial charge in [-0.05, 0) is 18.6 Å². The molecule has 102 valence electrons. The number of hydrogen-bond donors (Lipinski definition) is 3. The summed E-state index contributed by atoms with van der Waals surface area (Å²) in [5.41, 5.74) is 0. The molecule has 19 heavy (non-hydrogen) atoms. The van der Waals surface area contributed by atoms with E-state index in [0.29, 0.717) is 6.54 Å². The molecule has 0 bridgehead atoms. The highest BCUT2D eigenvalue weighted by molar-refractivity contribution is 7.11. The average Bonchev–Trinajstić information content (AvgIpc) is 2.94. The van der Waals surface area contributed by atoms with E-state index in [1.807, 2.05) is 12.1 Å². The molecule has 1 saturated heterocycles. The van der Waals surface area contributed by atoms with E-state index < -0.39 is 18.0 Å². The van der Waals surface area contributed by atoms with Crippen LogP contribution in [0.15, 0.2) is 12.1 Å². The molecular weight excluding hydrogens is 266 g/mol. The molecule has 1 atom stereocenters. The third-order valence-electron chi connectivity index (χ3n) is 2.77. The first-order valence-electron chi connectivity index (χ1n) is 6.04. The van der Waals surface area contributed by atoms with E-state index >= 15 is 0 Å². The molecule has 1 aliphatic rings. The number of rotatable bonds is 5. The molecule has 1 aliphatic heterocycles. The second-order valence-corrected chi connectivity index (χ2v) is 5.47. The van der Waals surface area contributed by atoms with Crippen molar-refractivity contribution in [1.82, 2.24) is 16.0 Å². The van der Waals surface area contributed by atoms with Crippen LogP contribution in [0, 0.1) is 0 Å². The van der Waals surface area contributed by atoms with Gasteiger partial charge in [0.2, 0.25) is 5.91 Å². The minimum Gasteiger partial charge on any atom is -0.351 e. The summed E-state index contributed by atoms with van der Waals surface area (Å²) in [6.45, 7) is 2.53. The van der Waals surface area contributed by atoms with E-state index in [-0.39, 0.29) is 12.3 Å². The normalized spacial score (nSPS) is 18.1. The zero-order valence-corrected chi connectivity index (χ0v) is 11.3. The van der Waals surface area contributed by atoms with Gasteiger partial charge in [-0.25, -0.2) is 4.79 Å². The van der Waals surface area contributed by atoms with Gasteiger partial charge in [0.05, 0.1) is 13.0 Å². The quantitative estimate of drug-likeness (QED) is 0.688. The topological polar surface area (TPSA) is 87.3 Å². The van der Waals surface area contributed by atoms with Crippen molar-refractivity contribution in [2.45, 2.75) is 32.4 Å². The monoisotopic (exact) mass is 281 g/mol. The van der Waals surface area contributed by atoms with Crippen molar-refractivity contribution in [2.75, 3.05) is 0 Å². The predicted octanol–water partition coefficient (Wildman–Crippen LogP) is 0.525. The summed E-state index contributed by atoms with van der Waals surface area (Å²) in [5.74, 6) is -0.710. The maximum absolute atomic E-state index is 11.7. The van der Waals surface area contributed by atoms with Crippen molar-refractivity contribution in [3.8, 4) is 0 Å². The number of urea groups is 1. The maximum atomic E-state index is 11.7. The number of carbonyl (C=O) groups is 3. The van der Waals surface area contributed by atoms with Crippen LogP contribution in [0.3, 0.4) is 0 Å². The fraction of sp³-hybridized carbons (Fsp3) is 0.417. The van der Waals surface area contributed by atoms with Gasteiger partial charge in [0.25, 0.3) is 5.91 Å². The Morgan fingerprint density at radius 2 is 2.11 bits per heavy atom. The summed E-state index contributed by atoms with van der Waals surface area (Å²) < 4.78 is 0. The number of hydrogen-bond acceptors (Lipinski definition) is 4. The Morgan fingerprint density at radius 3 is 2.68 bits per heavy atom. The van der Waals surface area contributed by atoms with Crippen LogP contribution in [-0.2, 0) is 22.6 Å². The first kappa shape index (κ1) is 13.5. The Balaban J connectivity index is 1.78. The maximum Gasteiger partial charge on any atom is 0.322 e. The van der Waals surface area contributed by atoms with Gasteiger partial charge in [-0.3, -0.25) is 14.9 Å². The summed E-state index contributed by atoms with van der Waals surface area (Å²) >= 11 is 1.65. The molecular formula is C12H15N3O3S. The van der Waals surface area contributed by atoms with Gasteiger partial charge in [0, 0.05) is 9.75 Å². The van der Waals surface area contributed by atoms with Crippen LogP contribution < -0.4 is 16.0 Å². The third-order valence-corrected chi connectivity index (χ3v) is 4.00. The number of aryl methyl sites for hydroxylation is 1. The van der Waals surface area contributed by atoms with Crippen LogP contribution in [0.25, 0.3) is 0 Å². The lowest BCUT2D eigenvalue weighted by Crippen LogP contribution is -2.35. The molecule has 0 aliphatic carbocycles. The summed E-state index contributed by atoms with van der Waals surface area (Å²) in [5, 5.41) is 7.22. The fourth-order valence-corrected chi connectivity index (χ4v) is 2.65. The zero-order chi connectivity index (χ0) is 13.8. The zero-order valence-electron chi connectivity index (χ0n) is 10.5. The molecule has 1 aromatic heterocycles. The van der Waals surface area contributed by atoms with Crippen molar-refractivity contribution >= 4 is 29.2 Å². The highest BCUT2D eigenvalue weighted by Gasteiger charge is 2.31. The Hall–Kier alpha value is -1.89. The van der Waals surface area contributed by atoms with E-state index in [1.165, 1.54) is 4.88 Å². The molecule has 7 heteroatoms. The Labute approximate surface area is 114 Å². The third kappa shape index (κ3) is 3.54. The highest BCUT2D eigenvalue weighted by atomic mass is 32.1. The second kappa shape index (κ2) is 5.83. The van der Waals surface area contributed by atoms with Crippen molar-refractivity contribution in [1.29, 1.82) is 0 Å². The number of nitrogens with one attached hydrogen (secondary N) is 3. The fourth-order valence-electron chi connectivity index (χ4n) is 1.75. The van der Waals surface area contributed by atoms with Crippen molar-refractivity contribution in [3.05, 3.63) is 21.9 Å². The van der Waals surface area contributed by atoms with Crippen LogP contribution in [0.5, 0.6) is 0 Å². The molecule has 0 saturated carbocycles. The van der Waals surface area contributed by atoms with Gasteiger partial charge >= 0.3 is 6.03 Å². The van der Waals surface area contributed by atoms with E-state index in [9.17, 15) is 14.4 Å². The standard InChI is InChI=1S/C12H15N3O3S/c1-2-7-3-4-8(19-7)6-13-10(16)5-9-11(17)15-12(18)14-9/h3-4,9H,2,5-6H2,1H3,(H,13,16)(H2,14,15,17,18). The molecule has 2 heterocycles. The van der Waals surface area contributed by atoms with Crippen LogP contribution in [0.4, 0.5) is 4.79 Å². The smallest absolute Gasteiger partial charge is 0.322 e. The molecule has 2 rings (SSSR count).